The molecule has 1 aromatic heterocycles. The predicted molar refractivity (Wildman–Crippen MR) is 131 cm³/mol. The Morgan fingerprint density at radius 3 is 2.34 bits per heavy atom. The number of fused-ring (bicyclic) bond motifs is 1. The Morgan fingerprint density at radius 2 is 1.74 bits per heavy atom. The van der Waals surface area contributed by atoms with Gasteiger partial charge < -0.3 is 5.32 Å². The summed E-state index contributed by atoms with van der Waals surface area (Å²) in [7, 11) is -2.60. The van der Waals surface area contributed by atoms with Crippen LogP contribution >= 0.6 is 10.6 Å². The van der Waals surface area contributed by atoms with Crippen molar-refractivity contribution < 1.29 is 27.1 Å². The monoisotopic (exact) mass is 511 g/mol. The minimum Gasteiger partial charge on any atom is -0.347 e. The van der Waals surface area contributed by atoms with Crippen molar-refractivity contribution in [2.45, 2.75) is 51.4 Å². The summed E-state index contributed by atoms with van der Waals surface area (Å²) in [5.41, 5.74) is -0.769. The number of aromatic nitrogens is 2. The molecule has 7 nitrogen and oxygen atoms in total. The van der Waals surface area contributed by atoms with Crippen molar-refractivity contribution in [3.63, 3.8) is 0 Å². The summed E-state index contributed by atoms with van der Waals surface area (Å²) in [4.78, 5) is 26.4. The van der Waals surface area contributed by atoms with Crippen LogP contribution in [0, 0.1) is 0 Å². The van der Waals surface area contributed by atoms with Crippen molar-refractivity contribution in [2.75, 3.05) is 11.5 Å². The molecule has 1 saturated heterocycles. The summed E-state index contributed by atoms with van der Waals surface area (Å²) in [6.07, 6.45) is -3.71. The van der Waals surface area contributed by atoms with Gasteiger partial charge in [0.15, 0.2) is 0 Å². The molecule has 1 fully saturated rings. The summed E-state index contributed by atoms with van der Waals surface area (Å²) in [6.45, 7) is 5.42. The Bertz CT molecular complexity index is 1330. The number of alkyl halides is 3. The van der Waals surface area contributed by atoms with Crippen LogP contribution in [0.15, 0.2) is 47.3 Å². The molecule has 3 aromatic rings. The first kappa shape index (κ1) is 25.3. The van der Waals surface area contributed by atoms with Gasteiger partial charge in [-0.3, -0.25) is 23.0 Å². The number of carbonyl (C=O) groups excluding carboxylic acids is 1. The summed E-state index contributed by atoms with van der Waals surface area (Å²) in [6, 6.07) is 8.92. The number of hydrogen-bond donors (Lipinski definition) is 3. The number of halogens is 3. The van der Waals surface area contributed by atoms with Crippen LogP contribution in [0.3, 0.4) is 0 Å². The Kier molecular flexibility index (Phi) is 6.31. The molecular formula is C24H28F3N3O4S. The maximum atomic E-state index is 13.3. The third-order valence-electron chi connectivity index (χ3n) is 6.46. The van der Waals surface area contributed by atoms with Crippen LogP contribution in [0.1, 0.15) is 55.6 Å². The topological polar surface area (TPSA) is 96.5 Å². The van der Waals surface area contributed by atoms with E-state index in [1.165, 1.54) is 27.3 Å². The zero-order valence-electron chi connectivity index (χ0n) is 19.6. The van der Waals surface area contributed by atoms with Crippen molar-refractivity contribution in [2.24, 2.45) is 0 Å². The molecule has 190 valence electrons. The van der Waals surface area contributed by atoms with E-state index in [-0.39, 0.29) is 29.1 Å². The van der Waals surface area contributed by atoms with Gasteiger partial charge >= 0.3 is 11.9 Å². The van der Waals surface area contributed by atoms with Gasteiger partial charge in [0.1, 0.15) is 0 Å². The summed E-state index contributed by atoms with van der Waals surface area (Å²) >= 11 is 0. The first-order valence-corrected chi connectivity index (χ1v) is 13.1. The SMILES string of the molecule is CC(C)n1c(=O)n(-c2cccc(C(F)(F)F)c2)c2ccc(C(=O)NC3(C)CCS(O)(O)CC3)cc21. The van der Waals surface area contributed by atoms with Crippen LogP contribution in [0.5, 0.6) is 0 Å². The van der Waals surface area contributed by atoms with Crippen molar-refractivity contribution in [3.05, 3.63) is 64.1 Å². The molecule has 1 aliphatic rings. The van der Waals surface area contributed by atoms with E-state index in [4.69, 9.17) is 0 Å². The molecule has 0 bridgehead atoms. The molecule has 1 aliphatic heterocycles. The second-order valence-corrected chi connectivity index (χ2v) is 12.0. The van der Waals surface area contributed by atoms with Gasteiger partial charge in [0.2, 0.25) is 0 Å². The van der Waals surface area contributed by atoms with Gasteiger partial charge in [0.25, 0.3) is 5.91 Å². The number of benzene rings is 2. The molecular weight excluding hydrogens is 483 g/mol. The van der Waals surface area contributed by atoms with Gasteiger partial charge in [-0.2, -0.15) is 23.8 Å². The van der Waals surface area contributed by atoms with E-state index in [1.54, 1.807) is 26.0 Å². The van der Waals surface area contributed by atoms with E-state index >= 15 is 0 Å². The van der Waals surface area contributed by atoms with E-state index in [0.717, 1.165) is 12.1 Å². The fourth-order valence-electron chi connectivity index (χ4n) is 4.41. The lowest BCUT2D eigenvalue weighted by molar-refractivity contribution is -0.137. The molecule has 3 N–H and O–H groups in total. The molecule has 11 heteroatoms. The second kappa shape index (κ2) is 8.72. The first-order chi connectivity index (χ1) is 16.2. The molecule has 0 radical (unpaired) electrons. The van der Waals surface area contributed by atoms with Crippen LogP contribution in [-0.2, 0) is 6.18 Å². The smallest absolute Gasteiger partial charge is 0.347 e. The maximum absolute atomic E-state index is 13.3. The first-order valence-electron chi connectivity index (χ1n) is 11.2. The van der Waals surface area contributed by atoms with E-state index in [2.05, 4.69) is 5.32 Å². The third kappa shape index (κ3) is 4.98. The zero-order valence-corrected chi connectivity index (χ0v) is 20.4. The molecule has 0 spiro atoms. The van der Waals surface area contributed by atoms with E-state index in [1.807, 2.05) is 6.92 Å². The lowest BCUT2D eigenvalue weighted by atomic mass is 9.94. The highest BCUT2D eigenvalue weighted by atomic mass is 32.3. The van der Waals surface area contributed by atoms with Crippen LogP contribution in [0.4, 0.5) is 13.2 Å². The molecule has 0 atom stereocenters. The number of imidazole rings is 1. The largest absolute Gasteiger partial charge is 0.416 e. The minimum atomic E-state index is -4.55. The molecule has 0 unspecified atom stereocenters. The average Bonchev–Trinajstić information content (AvgIpc) is 3.06. The summed E-state index contributed by atoms with van der Waals surface area (Å²) < 4.78 is 62.2. The van der Waals surface area contributed by atoms with Gasteiger partial charge in [0.05, 0.1) is 22.3 Å². The van der Waals surface area contributed by atoms with Crippen LogP contribution in [0.25, 0.3) is 16.7 Å². The maximum Gasteiger partial charge on any atom is 0.416 e. The van der Waals surface area contributed by atoms with Gasteiger partial charge in [-0.25, -0.2) is 4.79 Å². The molecule has 1 amide bonds. The van der Waals surface area contributed by atoms with Gasteiger partial charge in [-0.15, -0.1) is 0 Å². The van der Waals surface area contributed by atoms with Crippen molar-refractivity contribution in [3.8, 4) is 5.69 Å². The number of hydrogen-bond acceptors (Lipinski definition) is 4. The molecule has 0 aliphatic carbocycles. The van der Waals surface area contributed by atoms with Crippen molar-refractivity contribution in [1.29, 1.82) is 0 Å². The number of carbonyl (C=O) groups is 1. The van der Waals surface area contributed by atoms with Gasteiger partial charge in [-0.1, -0.05) is 6.07 Å². The highest BCUT2D eigenvalue weighted by Gasteiger charge is 2.35. The van der Waals surface area contributed by atoms with Crippen molar-refractivity contribution >= 4 is 27.5 Å². The fraction of sp³-hybridized carbons (Fsp3) is 0.417. The second-order valence-electron chi connectivity index (χ2n) is 9.56. The van der Waals surface area contributed by atoms with Crippen LogP contribution < -0.4 is 11.0 Å². The lowest BCUT2D eigenvalue weighted by Gasteiger charge is -2.44. The number of nitrogens with one attached hydrogen (secondary N) is 1. The molecule has 2 aromatic carbocycles. The van der Waals surface area contributed by atoms with Gasteiger partial charge in [-0.05, 0) is 70.0 Å². The van der Waals surface area contributed by atoms with Gasteiger partial charge in [0, 0.05) is 28.6 Å². The summed E-state index contributed by atoms with van der Waals surface area (Å²) in [5, 5.41) is 2.97. The Hall–Kier alpha value is -2.76. The highest BCUT2D eigenvalue weighted by molar-refractivity contribution is 8.24. The zero-order chi connectivity index (χ0) is 25.8. The predicted octanol–water partition coefficient (Wildman–Crippen LogP) is 5.42. The molecule has 2 heterocycles. The van der Waals surface area contributed by atoms with Crippen LogP contribution in [-0.4, -0.2) is 41.2 Å². The highest BCUT2D eigenvalue weighted by Crippen LogP contribution is 2.46. The quantitative estimate of drug-likeness (QED) is 0.436. The number of nitrogens with zero attached hydrogens (tertiary/aromatic N) is 2. The average molecular weight is 512 g/mol. The molecule has 4 rings (SSSR count). The Balaban J connectivity index is 1.75. The molecule has 35 heavy (non-hydrogen) atoms. The van der Waals surface area contributed by atoms with E-state index < -0.39 is 33.6 Å². The number of amides is 1. The Morgan fingerprint density at radius 1 is 1.09 bits per heavy atom. The lowest BCUT2D eigenvalue weighted by Crippen LogP contribution is -2.50. The van der Waals surface area contributed by atoms with Crippen molar-refractivity contribution in [1.82, 2.24) is 14.5 Å². The number of rotatable bonds is 4. The van der Waals surface area contributed by atoms with E-state index in [0.29, 0.717) is 29.4 Å². The van der Waals surface area contributed by atoms with E-state index in [9.17, 15) is 31.9 Å². The molecule has 0 saturated carbocycles. The third-order valence-corrected chi connectivity index (χ3v) is 8.18. The standard InChI is InChI=1S/C24H28F3N3O4S/c1-15(2)29-20-13-16(21(31)28-23(3)9-11-35(33,34)12-10-23)7-8-19(20)30(22(29)32)18-6-4-5-17(14-18)24(25,26)27/h4-8,13-15,33-34H,9-12H2,1-3H3,(H,28,31). The van der Waals surface area contributed by atoms with Crippen LogP contribution in [0.2, 0.25) is 0 Å². The summed E-state index contributed by atoms with van der Waals surface area (Å²) in [5.74, 6) is 0.0628. The normalized spacial score (nSPS) is 18.5. The Labute approximate surface area is 201 Å². The minimum absolute atomic E-state index is 0.0835. The fourth-order valence-corrected chi connectivity index (χ4v) is 6.17.